The number of aliphatic hydroxyl groups excluding tert-OH is 1. The molecular formula is C24H24ClFN4O2. The predicted octanol–water partition coefficient (Wildman–Crippen LogP) is 5.22. The van der Waals surface area contributed by atoms with Crippen molar-refractivity contribution in [1.82, 2.24) is 15.3 Å². The highest BCUT2D eigenvalue weighted by Gasteiger charge is 2.16. The molecule has 166 valence electrons. The molecule has 6 nitrogen and oxygen atoms in total. The molecule has 0 bridgehead atoms. The van der Waals surface area contributed by atoms with E-state index in [9.17, 15) is 9.18 Å². The second-order valence-corrected chi connectivity index (χ2v) is 7.67. The van der Waals surface area contributed by atoms with Crippen molar-refractivity contribution in [3.05, 3.63) is 77.3 Å². The second kappa shape index (κ2) is 10.8. The lowest BCUT2D eigenvalue weighted by molar-refractivity contribution is 0.0952. The van der Waals surface area contributed by atoms with E-state index in [2.05, 4.69) is 27.2 Å². The molecule has 0 saturated heterocycles. The molecule has 0 spiro atoms. The highest BCUT2D eigenvalue weighted by atomic mass is 35.5. The molecule has 1 amide bonds. The number of benzene rings is 1. The van der Waals surface area contributed by atoms with E-state index < -0.39 is 5.82 Å². The quantitative estimate of drug-likeness (QED) is 0.386. The van der Waals surface area contributed by atoms with Gasteiger partial charge >= 0.3 is 0 Å². The van der Waals surface area contributed by atoms with Crippen LogP contribution in [-0.4, -0.2) is 34.1 Å². The smallest absolute Gasteiger partial charge is 0.255 e. The third-order valence-electron chi connectivity index (χ3n) is 4.74. The summed E-state index contributed by atoms with van der Waals surface area (Å²) in [5.74, 6) is -0.388. The van der Waals surface area contributed by atoms with Crippen LogP contribution in [0.25, 0.3) is 16.8 Å². The molecule has 1 aromatic carbocycles. The molecule has 3 rings (SSSR count). The average molecular weight is 455 g/mol. The van der Waals surface area contributed by atoms with Crippen LogP contribution >= 0.6 is 11.6 Å². The zero-order chi connectivity index (χ0) is 23.1. The number of rotatable bonds is 9. The van der Waals surface area contributed by atoms with E-state index in [1.165, 1.54) is 18.2 Å². The molecule has 32 heavy (non-hydrogen) atoms. The Morgan fingerprint density at radius 2 is 2.00 bits per heavy atom. The summed E-state index contributed by atoms with van der Waals surface area (Å²) in [6, 6.07) is 9.28. The first kappa shape index (κ1) is 23.4. The van der Waals surface area contributed by atoms with Gasteiger partial charge in [-0.05, 0) is 61.7 Å². The van der Waals surface area contributed by atoms with Crippen molar-refractivity contribution in [1.29, 1.82) is 0 Å². The van der Waals surface area contributed by atoms with E-state index in [4.69, 9.17) is 16.7 Å². The van der Waals surface area contributed by atoms with Crippen LogP contribution in [0, 0.1) is 5.82 Å². The van der Waals surface area contributed by atoms with Gasteiger partial charge in [-0.1, -0.05) is 18.2 Å². The summed E-state index contributed by atoms with van der Waals surface area (Å²) < 4.78 is 14.4. The number of anilines is 2. The van der Waals surface area contributed by atoms with Gasteiger partial charge in [0.1, 0.15) is 11.6 Å². The Morgan fingerprint density at radius 1 is 1.19 bits per heavy atom. The minimum Gasteiger partial charge on any atom is -0.396 e. The van der Waals surface area contributed by atoms with Gasteiger partial charge in [-0.3, -0.25) is 9.78 Å². The van der Waals surface area contributed by atoms with Crippen molar-refractivity contribution < 1.29 is 14.3 Å². The zero-order valence-electron chi connectivity index (χ0n) is 17.7. The predicted molar refractivity (Wildman–Crippen MR) is 126 cm³/mol. The third kappa shape index (κ3) is 5.69. The summed E-state index contributed by atoms with van der Waals surface area (Å²) in [6.45, 7) is 6.33. The number of amides is 1. The largest absolute Gasteiger partial charge is 0.396 e. The SMILES string of the molecule is C=C(C)c1cnc(-c2cc(Cl)ccc2F)cc1Nc1ncccc1C(=O)NCCCCO. The first-order valence-corrected chi connectivity index (χ1v) is 10.5. The summed E-state index contributed by atoms with van der Waals surface area (Å²) in [5, 5.41) is 15.3. The van der Waals surface area contributed by atoms with Gasteiger partial charge in [0.15, 0.2) is 0 Å². The van der Waals surface area contributed by atoms with Crippen molar-refractivity contribution in [2.45, 2.75) is 19.8 Å². The van der Waals surface area contributed by atoms with Crippen LogP contribution in [0.3, 0.4) is 0 Å². The van der Waals surface area contributed by atoms with Gasteiger partial charge in [-0.2, -0.15) is 0 Å². The third-order valence-corrected chi connectivity index (χ3v) is 4.98. The standard InChI is InChI=1S/C24H24ClFN4O2/c1-15(2)19-14-29-21(18-12-16(25)7-8-20(18)26)13-22(19)30-23-17(6-5-10-27-23)24(32)28-9-3-4-11-31/h5-8,10,12-14,31H,1,3-4,9,11H2,2H3,(H,28,32)(H,27,29,30). The number of carbonyl (C=O) groups is 1. The maximum atomic E-state index is 14.4. The number of hydrogen-bond donors (Lipinski definition) is 3. The van der Waals surface area contributed by atoms with Gasteiger partial charge in [-0.15, -0.1) is 0 Å². The van der Waals surface area contributed by atoms with E-state index in [0.29, 0.717) is 52.7 Å². The molecule has 2 heterocycles. The van der Waals surface area contributed by atoms with E-state index >= 15 is 0 Å². The molecule has 0 aliphatic rings. The Balaban J connectivity index is 1.95. The van der Waals surface area contributed by atoms with Crippen LogP contribution < -0.4 is 10.6 Å². The van der Waals surface area contributed by atoms with Crippen molar-refractivity contribution in [2.24, 2.45) is 0 Å². The Labute approximate surface area is 191 Å². The fourth-order valence-electron chi connectivity index (χ4n) is 3.09. The Morgan fingerprint density at radius 3 is 2.75 bits per heavy atom. The number of carbonyl (C=O) groups excluding carboxylic acids is 1. The first-order chi connectivity index (χ1) is 15.4. The van der Waals surface area contributed by atoms with Crippen LogP contribution in [-0.2, 0) is 0 Å². The molecule has 0 saturated carbocycles. The normalized spacial score (nSPS) is 10.6. The molecule has 0 aliphatic carbocycles. The fourth-order valence-corrected chi connectivity index (χ4v) is 3.26. The Bertz CT molecular complexity index is 1140. The maximum absolute atomic E-state index is 14.4. The summed E-state index contributed by atoms with van der Waals surface area (Å²) in [4.78, 5) is 21.3. The number of unbranched alkanes of at least 4 members (excludes halogenated alkanes) is 1. The molecule has 2 aromatic heterocycles. The molecule has 8 heteroatoms. The molecule has 0 fully saturated rings. The number of halogens is 2. The van der Waals surface area contributed by atoms with Crippen LogP contribution in [0.5, 0.6) is 0 Å². The highest BCUT2D eigenvalue weighted by Crippen LogP contribution is 2.32. The lowest BCUT2D eigenvalue weighted by Crippen LogP contribution is -2.25. The van der Waals surface area contributed by atoms with Crippen molar-refractivity contribution in [2.75, 3.05) is 18.5 Å². The minimum absolute atomic E-state index is 0.0802. The first-order valence-electron chi connectivity index (χ1n) is 10.1. The second-order valence-electron chi connectivity index (χ2n) is 7.23. The maximum Gasteiger partial charge on any atom is 0.255 e. The molecule has 3 N–H and O–H groups in total. The number of aliphatic hydroxyl groups is 1. The zero-order valence-corrected chi connectivity index (χ0v) is 18.4. The van der Waals surface area contributed by atoms with Crippen molar-refractivity contribution in [3.8, 4) is 11.3 Å². The number of allylic oxidation sites excluding steroid dienone is 1. The van der Waals surface area contributed by atoms with Gasteiger partial charge in [0.05, 0.1) is 16.9 Å². The van der Waals surface area contributed by atoms with E-state index in [1.54, 1.807) is 30.6 Å². The lowest BCUT2D eigenvalue weighted by Gasteiger charge is -2.16. The Kier molecular flexibility index (Phi) is 7.92. The van der Waals surface area contributed by atoms with Crippen LogP contribution in [0.1, 0.15) is 35.7 Å². The number of aromatic nitrogens is 2. The van der Waals surface area contributed by atoms with Gasteiger partial charge in [0.2, 0.25) is 0 Å². The lowest BCUT2D eigenvalue weighted by atomic mass is 10.0. The topological polar surface area (TPSA) is 87.1 Å². The summed E-state index contributed by atoms with van der Waals surface area (Å²) in [7, 11) is 0. The van der Waals surface area contributed by atoms with E-state index in [0.717, 1.165) is 5.57 Å². The van der Waals surface area contributed by atoms with Gasteiger partial charge in [-0.25, -0.2) is 9.37 Å². The van der Waals surface area contributed by atoms with Crippen molar-refractivity contribution >= 4 is 34.6 Å². The molecule has 0 radical (unpaired) electrons. The van der Waals surface area contributed by atoms with Crippen LogP contribution in [0.2, 0.25) is 5.02 Å². The van der Waals surface area contributed by atoms with Gasteiger partial charge in [0, 0.05) is 41.7 Å². The van der Waals surface area contributed by atoms with Gasteiger partial charge in [0.25, 0.3) is 5.91 Å². The monoisotopic (exact) mass is 454 g/mol. The number of pyridine rings is 2. The van der Waals surface area contributed by atoms with Crippen LogP contribution in [0.4, 0.5) is 15.9 Å². The summed E-state index contributed by atoms with van der Waals surface area (Å²) in [6.07, 6.45) is 4.45. The van der Waals surface area contributed by atoms with Crippen molar-refractivity contribution in [3.63, 3.8) is 0 Å². The fraction of sp³-hybridized carbons (Fsp3) is 0.208. The Hall–Kier alpha value is -3.29. The van der Waals surface area contributed by atoms with E-state index in [1.807, 2.05) is 6.92 Å². The molecule has 0 aliphatic heterocycles. The number of nitrogens with zero attached hydrogens (tertiary/aromatic N) is 2. The minimum atomic E-state index is -0.447. The molecule has 0 unspecified atom stereocenters. The summed E-state index contributed by atoms with van der Waals surface area (Å²) >= 11 is 6.04. The summed E-state index contributed by atoms with van der Waals surface area (Å²) in [5.41, 5.74) is 3.02. The van der Waals surface area contributed by atoms with E-state index in [-0.39, 0.29) is 18.1 Å². The molecular weight excluding hydrogens is 431 g/mol. The average Bonchev–Trinajstić information content (AvgIpc) is 2.78. The molecule has 0 atom stereocenters. The number of hydrogen-bond acceptors (Lipinski definition) is 5. The van der Waals surface area contributed by atoms with Gasteiger partial charge < -0.3 is 15.7 Å². The van der Waals surface area contributed by atoms with Crippen LogP contribution in [0.15, 0.2) is 55.4 Å². The molecule has 3 aromatic rings. The highest BCUT2D eigenvalue weighted by molar-refractivity contribution is 6.30. The number of nitrogens with one attached hydrogen (secondary N) is 2.